The van der Waals surface area contributed by atoms with Gasteiger partial charge in [-0.05, 0) is 36.1 Å². The second kappa shape index (κ2) is 5.77. The molecule has 2 aromatic carbocycles. The second-order valence-electron chi connectivity index (χ2n) is 5.77. The van der Waals surface area contributed by atoms with Crippen LogP contribution >= 0.6 is 11.6 Å². The number of rotatable bonds is 4. The van der Waals surface area contributed by atoms with Crippen molar-refractivity contribution in [2.45, 2.75) is 25.2 Å². The molecule has 22 heavy (non-hydrogen) atoms. The second-order valence-corrected chi connectivity index (χ2v) is 6.21. The molecule has 0 spiro atoms. The molecule has 0 aliphatic heterocycles. The molecule has 1 saturated carbocycles. The summed E-state index contributed by atoms with van der Waals surface area (Å²) < 4.78 is 5.40. The number of carbonyl (C=O) groups is 1. The average molecular weight is 315 g/mol. The summed E-state index contributed by atoms with van der Waals surface area (Å²) in [6.07, 6.45) is 0. The molecule has 0 amide bonds. The SMILES string of the molecule is CCOC(=O)C1(c2ccc(Cl)cc2)C(C)C1c1ccccc1. The minimum atomic E-state index is -0.595. The molecule has 0 bridgehead atoms. The van der Waals surface area contributed by atoms with Crippen molar-refractivity contribution in [3.63, 3.8) is 0 Å². The lowest BCUT2D eigenvalue weighted by atomic mass is 9.90. The molecule has 2 aromatic rings. The van der Waals surface area contributed by atoms with E-state index in [1.54, 1.807) is 0 Å². The Balaban J connectivity index is 2.06. The van der Waals surface area contributed by atoms with Gasteiger partial charge in [0.2, 0.25) is 0 Å². The molecule has 3 unspecified atom stereocenters. The molecule has 3 atom stereocenters. The largest absolute Gasteiger partial charge is 0.465 e. The van der Waals surface area contributed by atoms with Crippen molar-refractivity contribution in [2.75, 3.05) is 6.61 Å². The minimum absolute atomic E-state index is 0.140. The Kier molecular flexibility index (Phi) is 3.96. The van der Waals surface area contributed by atoms with Crippen molar-refractivity contribution in [1.29, 1.82) is 0 Å². The maximum Gasteiger partial charge on any atom is 0.317 e. The highest BCUT2D eigenvalue weighted by Crippen LogP contribution is 2.66. The van der Waals surface area contributed by atoms with E-state index in [2.05, 4.69) is 19.1 Å². The van der Waals surface area contributed by atoms with Crippen LogP contribution in [0.2, 0.25) is 5.02 Å². The van der Waals surface area contributed by atoms with E-state index in [0.717, 1.165) is 5.56 Å². The van der Waals surface area contributed by atoms with Crippen molar-refractivity contribution in [3.8, 4) is 0 Å². The van der Waals surface area contributed by atoms with Gasteiger partial charge in [0.05, 0.1) is 6.61 Å². The number of hydrogen-bond acceptors (Lipinski definition) is 2. The fourth-order valence-corrected chi connectivity index (χ4v) is 3.75. The van der Waals surface area contributed by atoms with E-state index in [-0.39, 0.29) is 17.8 Å². The van der Waals surface area contributed by atoms with Gasteiger partial charge in [0.1, 0.15) is 5.41 Å². The van der Waals surface area contributed by atoms with E-state index in [1.807, 2.05) is 49.4 Å². The van der Waals surface area contributed by atoms with E-state index in [0.29, 0.717) is 11.6 Å². The van der Waals surface area contributed by atoms with Crippen molar-refractivity contribution in [2.24, 2.45) is 5.92 Å². The lowest BCUT2D eigenvalue weighted by Gasteiger charge is -2.17. The van der Waals surface area contributed by atoms with Gasteiger partial charge in [0.15, 0.2) is 0 Å². The summed E-state index contributed by atoms with van der Waals surface area (Å²) >= 11 is 6.00. The molecular weight excluding hydrogens is 296 g/mol. The molecule has 114 valence electrons. The number of esters is 1. The van der Waals surface area contributed by atoms with Gasteiger partial charge in [-0.15, -0.1) is 0 Å². The molecule has 0 radical (unpaired) electrons. The van der Waals surface area contributed by atoms with Crippen LogP contribution in [0.5, 0.6) is 0 Å². The molecule has 1 aliphatic carbocycles. The summed E-state index contributed by atoms with van der Waals surface area (Å²) in [6.45, 7) is 4.35. The third-order valence-electron chi connectivity index (χ3n) is 4.69. The van der Waals surface area contributed by atoms with Crippen LogP contribution in [0.25, 0.3) is 0 Å². The lowest BCUT2D eigenvalue weighted by molar-refractivity contribution is -0.146. The van der Waals surface area contributed by atoms with Crippen LogP contribution in [0.3, 0.4) is 0 Å². The van der Waals surface area contributed by atoms with Crippen LogP contribution in [-0.2, 0) is 14.9 Å². The van der Waals surface area contributed by atoms with Gasteiger partial charge in [-0.3, -0.25) is 4.79 Å². The van der Waals surface area contributed by atoms with E-state index in [4.69, 9.17) is 16.3 Å². The van der Waals surface area contributed by atoms with Crippen LogP contribution in [0.1, 0.15) is 30.9 Å². The number of carbonyl (C=O) groups excluding carboxylic acids is 1. The number of ether oxygens (including phenoxy) is 1. The number of benzene rings is 2. The minimum Gasteiger partial charge on any atom is -0.465 e. The Morgan fingerprint density at radius 3 is 2.36 bits per heavy atom. The van der Waals surface area contributed by atoms with Crippen LogP contribution in [-0.4, -0.2) is 12.6 Å². The highest BCUT2D eigenvalue weighted by molar-refractivity contribution is 6.30. The fourth-order valence-electron chi connectivity index (χ4n) is 3.62. The summed E-state index contributed by atoms with van der Waals surface area (Å²) in [6, 6.07) is 17.7. The Labute approximate surface area is 136 Å². The van der Waals surface area contributed by atoms with Gasteiger partial charge in [-0.2, -0.15) is 0 Å². The first kappa shape index (κ1) is 15.1. The van der Waals surface area contributed by atoms with E-state index in [1.165, 1.54) is 5.56 Å². The van der Waals surface area contributed by atoms with Crippen molar-refractivity contribution in [3.05, 3.63) is 70.7 Å². The number of hydrogen-bond donors (Lipinski definition) is 0. The molecule has 2 nitrogen and oxygen atoms in total. The van der Waals surface area contributed by atoms with Crippen LogP contribution in [0.15, 0.2) is 54.6 Å². The summed E-state index contributed by atoms with van der Waals surface area (Å²) in [7, 11) is 0. The Bertz CT molecular complexity index is 666. The smallest absolute Gasteiger partial charge is 0.317 e. The number of halogens is 1. The molecule has 0 saturated heterocycles. The highest BCUT2D eigenvalue weighted by Gasteiger charge is 2.69. The van der Waals surface area contributed by atoms with Gasteiger partial charge in [0, 0.05) is 10.9 Å². The van der Waals surface area contributed by atoms with E-state index in [9.17, 15) is 4.79 Å². The molecular formula is C19H19ClO2. The summed E-state index contributed by atoms with van der Waals surface area (Å²) in [5.74, 6) is 0.211. The fraction of sp³-hybridized carbons (Fsp3) is 0.316. The van der Waals surface area contributed by atoms with E-state index >= 15 is 0 Å². The molecule has 3 heteroatoms. The lowest BCUT2D eigenvalue weighted by Crippen LogP contribution is -2.26. The zero-order valence-electron chi connectivity index (χ0n) is 12.8. The van der Waals surface area contributed by atoms with E-state index < -0.39 is 5.41 Å². The molecule has 3 rings (SSSR count). The monoisotopic (exact) mass is 314 g/mol. The summed E-state index contributed by atoms with van der Waals surface area (Å²) in [5, 5.41) is 0.673. The zero-order chi connectivity index (χ0) is 15.7. The summed E-state index contributed by atoms with van der Waals surface area (Å²) in [5.41, 5.74) is 1.57. The molecule has 1 fully saturated rings. The Morgan fingerprint density at radius 2 is 1.77 bits per heavy atom. The predicted molar refractivity (Wildman–Crippen MR) is 88.1 cm³/mol. The van der Waals surface area contributed by atoms with Gasteiger partial charge in [0.25, 0.3) is 0 Å². The third kappa shape index (κ3) is 2.22. The Hall–Kier alpha value is -1.80. The summed E-state index contributed by atoms with van der Waals surface area (Å²) in [4.78, 5) is 12.8. The topological polar surface area (TPSA) is 26.3 Å². The Morgan fingerprint density at radius 1 is 1.14 bits per heavy atom. The van der Waals surface area contributed by atoms with Crippen LogP contribution in [0.4, 0.5) is 0 Å². The maximum atomic E-state index is 12.8. The first-order valence-electron chi connectivity index (χ1n) is 7.60. The maximum absolute atomic E-state index is 12.8. The third-order valence-corrected chi connectivity index (χ3v) is 4.95. The normalized spacial score (nSPS) is 26.5. The van der Waals surface area contributed by atoms with Crippen LogP contribution in [0, 0.1) is 5.92 Å². The molecule has 0 N–H and O–H groups in total. The first-order chi connectivity index (χ1) is 10.6. The van der Waals surface area contributed by atoms with Gasteiger partial charge >= 0.3 is 5.97 Å². The average Bonchev–Trinajstić information content (AvgIpc) is 3.16. The highest BCUT2D eigenvalue weighted by atomic mass is 35.5. The van der Waals surface area contributed by atoms with Gasteiger partial charge in [-0.1, -0.05) is 61.0 Å². The van der Waals surface area contributed by atoms with Crippen molar-refractivity contribution in [1.82, 2.24) is 0 Å². The molecule has 0 heterocycles. The van der Waals surface area contributed by atoms with Gasteiger partial charge < -0.3 is 4.74 Å². The van der Waals surface area contributed by atoms with Crippen LogP contribution < -0.4 is 0 Å². The molecule has 0 aromatic heterocycles. The zero-order valence-corrected chi connectivity index (χ0v) is 13.5. The van der Waals surface area contributed by atoms with Crippen molar-refractivity contribution < 1.29 is 9.53 Å². The molecule has 1 aliphatic rings. The van der Waals surface area contributed by atoms with Gasteiger partial charge in [-0.25, -0.2) is 0 Å². The standard InChI is InChI=1S/C19H19ClO2/c1-3-22-18(21)19(15-9-11-16(20)12-10-15)13(2)17(19)14-7-5-4-6-8-14/h4-13,17H,3H2,1-2H3. The predicted octanol–water partition coefficient (Wildman–Crippen LogP) is 4.57. The first-order valence-corrected chi connectivity index (χ1v) is 7.98. The van der Waals surface area contributed by atoms with Crippen molar-refractivity contribution >= 4 is 17.6 Å². The quantitative estimate of drug-likeness (QED) is 0.772.